The smallest absolute Gasteiger partial charge is 0.254 e. The SMILES string of the molecule is Cc1ccc(CN2CCCN(C(=O)c3ccsc3)CC2)s1. The Morgan fingerprint density at radius 2 is 2.10 bits per heavy atom. The van der Waals surface area contributed by atoms with Crippen LogP contribution in [0.15, 0.2) is 29.0 Å². The maximum Gasteiger partial charge on any atom is 0.254 e. The van der Waals surface area contributed by atoms with E-state index in [1.165, 1.54) is 9.75 Å². The van der Waals surface area contributed by atoms with Crippen molar-refractivity contribution in [1.29, 1.82) is 0 Å². The molecule has 1 saturated heterocycles. The van der Waals surface area contributed by atoms with Crippen LogP contribution in [0.1, 0.15) is 26.5 Å². The van der Waals surface area contributed by atoms with Crippen LogP contribution in [0.3, 0.4) is 0 Å². The Morgan fingerprint density at radius 3 is 2.81 bits per heavy atom. The molecule has 0 radical (unpaired) electrons. The summed E-state index contributed by atoms with van der Waals surface area (Å²) in [4.78, 5) is 19.7. The molecule has 3 rings (SSSR count). The maximum absolute atomic E-state index is 12.4. The first kappa shape index (κ1) is 14.8. The van der Waals surface area contributed by atoms with E-state index in [2.05, 4.69) is 24.0 Å². The summed E-state index contributed by atoms with van der Waals surface area (Å²) in [7, 11) is 0. The summed E-state index contributed by atoms with van der Waals surface area (Å²) in [6, 6.07) is 6.33. The molecule has 0 aliphatic carbocycles. The van der Waals surface area contributed by atoms with E-state index in [9.17, 15) is 4.79 Å². The fourth-order valence-corrected chi connectivity index (χ4v) is 4.25. The lowest BCUT2D eigenvalue weighted by molar-refractivity contribution is 0.0761. The van der Waals surface area contributed by atoms with Crippen LogP contribution < -0.4 is 0 Å². The van der Waals surface area contributed by atoms with Crippen molar-refractivity contribution in [1.82, 2.24) is 9.80 Å². The molecular formula is C16H20N2OS2. The normalized spacial score (nSPS) is 16.9. The Balaban J connectivity index is 1.58. The molecule has 0 aromatic carbocycles. The minimum absolute atomic E-state index is 0.185. The van der Waals surface area contributed by atoms with E-state index >= 15 is 0 Å². The van der Waals surface area contributed by atoms with Crippen LogP contribution in [0, 0.1) is 6.92 Å². The summed E-state index contributed by atoms with van der Waals surface area (Å²) in [6.45, 7) is 6.90. The Labute approximate surface area is 133 Å². The average Bonchev–Trinajstić information content (AvgIpc) is 3.08. The van der Waals surface area contributed by atoms with Crippen LogP contribution in [0.4, 0.5) is 0 Å². The first-order chi connectivity index (χ1) is 10.2. The molecule has 0 N–H and O–H groups in total. The molecule has 3 nitrogen and oxygen atoms in total. The molecule has 21 heavy (non-hydrogen) atoms. The number of rotatable bonds is 3. The van der Waals surface area contributed by atoms with Gasteiger partial charge in [-0.1, -0.05) is 0 Å². The van der Waals surface area contributed by atoms with Crippen molar-refractivity contribution in [2.75, 3.05) is 26.2 Å². The second kappa shape index (κ2) is 6.73. The van der Waals surface area contributed by atoms with Crippen LogP contribution in [-0.2, 0) is 6.54 Å². The van der Waals surface area contributed by atoms with E-state index in [0.717, 1.165) is 44.7 Å². The highest BCUT2D eigenvalue weighted by Crippen LogP contribution is 2.18. The minimum atomic E-state index is 0.185. The molecule has 1 aliphatic heterocycles. The number of aryl methyl sites for hydroxylation is 1. The molecule has 1 aliphatic rings. The van der Waals surface area contributed by atoms with Gasteiger partial charge in [0.05, 0.1) is 5.56 Å². The van der Waals surface area contributed by atoms with E-state index in [4.69, 9.17) is 0 Å². The zero-order chi connectivity index (χ0) is 14.7. The van der Waals surface area contributed by atoms with Gasteiger partial charge in [-0.05, 0) is 36.9 Å². The van der Waals surface area contributed by atoms with Gasteiger partial charge in [0.2, 0.25) is 0 Å². The highest BCUT2D eigenvalue weighted by Gasteiger charge is 2.20. The second-order valence-corrected chi connectivity index (χ2v) is 7.60. The van der Waals surface area contributed by atoms with Crippen LogP contribution in [0.2, 0.25) is 0 Å². The molecule has 1 fully saturated rings. The van der Waals surface area contributed by atoms with Crippen molar-refractivity contribution in [2.24, 2.45) is 0 Å². The lowest BCUT2D eigenvalue weighted by atomic mass is 10.3. The molecule has 2 aromatic heterocycles. The van der Waals surface area contributed by atoms with Gasteiger partial charge in [0.1, 0.15) is 0 Å². The Morgan fingerprint density at radius 1 is 1.19 bits per heavy atom. The third-order valence-corrected chi connectivity index (χ3v) is 5.49. The van der Waals surface area contributed by atoms with Gasteiger partial charge in [0.25, 0.3) is 5.91 Å². The highest BCUT2D eigenvalue weighted by molar-refractivity contribution is 7.11. The number of thiophene rings is 2. The third-order valence-electron chi connectivity index (χ3n) is 3.82. The molecule has 5 heteroatoms. The van der Waals surface area contributed by atoms with Gasteiger partial charge < -0.3 is 4.90 Å². The number of carbonyl (C=O) groups excluding carboxylic acids is 1. The van der Waals surface area contributed by atoms with Crippen LogP contribution in [0.5, 0.6) is 0 Å². The summed E-state index contributed by atoms with van der Waals surface area (Å²) in [5.41, 5.74) is 0.835. The van der Waals surface area contributed by atoms with Gasteiger partial charge in [-0.3, -0.25) is 9.69 Å². The molecule has 3 heterocycles. The predicted octanol–water partition coefficient (Wildman–Crippen LogP) is 3.47. The van der Waals surface area contributed by atoms with Crippen molar-refractivity contribution >= 4 is 28.6 Å². The fourth-order valence-electron chi connectivity index (χ4n) is 2.69. The standard InChI is InChI=1S/C16H20N2OS2/c1-13-3-4-15(21-13)11-17-6-2-7-18(9-8-17)16(19)14-5-10-20-12-14/h3-5,10,12H,2,6-9,11H2,1H3. The lowest BCUT2D eigenvalue weighted by Gasteiger charge is -2.21. The van der Waals surface area contributed by atoms with Crippen LogP contribution in [0.25, 0.3) is 0 Å². The number of hydrogen-bond donors (Lipinski definition) is 0. The van der Waals surface area contributed by atoms with Gasteiger partial charge in [0, 0.05) is 47.9 Å². The van der Waals surface area contributed by atoms with Crippen molar-refractivity contribution in [2.45, 2.75) is 19.9 Å². The van der Waals surface area contributed by atoms with E-state index in [1.807, 2.05) is 33.1 Å². The molecule has 0 unspecified atom stereocenters. The number of carbonyl (C=O) groups is 1. The van der Waals surface area contributed by atoms with Gasteiger partial charge in [-0.2, -0.15) is 11.3 Å². The van der Waals surface area contributed by atoms with Crippen molar-refractivity contribution in [3.8, 4) is 0 Å². The first-order valence-corrected chi connectivity index (χ1v) is 9.07. The van der Waals surface area contributed by atoms with E-state index in [0.29, 0.717) is 0 Å². The van der Waals surface area contributed by atoms with Gasteiger partial charge in [0.15, 0.2) is 0 Å². The average molecular weight is 320 g/mol. The summed E-state index contributed by atoms with van der Waals surface area (Å²) < 4.78 is 0. The molecule has 1 amide bonds. The molecule has 0 spiro atoms. The van der Waals surface area contributed by atoms with Crippen LogP contribution in [-0.4, -0.2) is 41.9 Å². The Kier molecular flexibility index (Phi) is 4.73. The Bertz CT molecular complexity index is 591. The summed E-state index contributed by atoms with van der Waals surface area (Å²) in [5, 5.41) is 3.91. The molecule has 2 aromatic rings. The minimum Gasteiger partial charge on any atom is -0.337 e. The van der Waals surface area contributed by atoms with Crippen molar-refractivity contribution < 1.29 is 4.79 Å². The largest absolute Gasteiger partial charge is 0.337 e. The van der Waals surface area contributed by atoms with Crippen molar-refractivity contribution in [3.05, 3.63) is 44.3 Å². The number of hydrogen-bond acceptors (Lipinski definition) is 4. The van der Waals surface area contributed by atoms with Gasteiger partial charge in [-0.15, -0.1) is 11.3 Å². The molecule has 0 atom stereocenters. The lowest BCUT2D eigenvalue weighted by Crippen LogP contribution is -2.34. The van der Waals surface area contributed by atoms with Crippen LogP contribution >= 0.6 is 22.7 Å². The molecule has 0 saturated carbocycles. The predicted molar refractivity (Wildman–Crippen MR) is 89.2 cm³/mol. The topological polar surface area (TPSA) is 23.6 Å². The first-order valence-electron chi connectivity index (χ1n) is 7.31. The van der Waals surface area contributed by atoms with Crippen molar-refractivity contribution in [3.63, 3.8) is 0 Å². The van der Waals surface area contributed by atoms with Gasteiger partial charge in [-0.25, -0.2) is 0 Å². The number of amides is 1. The summed E-state index contributed by atoms with van der Waals surface area (Å²) in [5.74, 6) is 0.185. The fraction of sp³-hybridized carbons (Fsp3) is 0.438. The zero-order valence-corrected chi connectivity index (χ0v) is 13.9. The van der Waals surface area contributed by atoms with E-state index < -0.39 is 0 Å². The Hall–Kier alpha value is -1.17. The molecule has 0 bridgehead atoms. The van der Waals surface area contributed by atoms with Gasteiger partial charge >= 0.3 is 0 Å². The second-order valence-electron chi connectivity index (χ2n) is 5.45. The quantitative estimate of drug-likeness (QED) is 0.864. The third kappa shape index (κ3) is 3.73. The number of nitrogens with zero attached hydrogens (tertiary/aromatic N) is 2. The van der Waals surface area contributed by atoms with E-state index in [1.54, 1.807) is 11.3 Å². The zero-order valence-electron chi connectivity index (χ0n) is 12.2. The monoisotopic (exact) mass is 320 g/mol. The highest BCUT2D eigenvalue weighted by atomic mass is 32.1. The van der Waals surface area contributed by atoms with E-state index in [-0.39, 0.29) is 5.91 Å². The summed E-state index contributed by atoms with van der Waals surface area (Å²) in [6.07, 6.45) is 1.06. The molecule has 112 valence electrons. The molecular weight excluding hydrogens is 300 g/mol. The maximum atomic E-state index is 12.4. The summed E-state index contributed by atoms with van der Waals surface area (Å²) >= 11 is 3.46.